The van der Waals surface area contributed by atoms with Gasteiger partial charge in [0.2, 0.25) is 0 Å². The fourth-order valence-corrected chi connectivity index (χ4v) is 1.92. The van der Waals surface area contributed by atoms with E-state index in [1.54, 1.807) is 19.2 Å². The highest BCUT2D eigenvalue weighted by molar-refractivity contribution is 5.95. The molecule has 0 saturated carbocycles. The number of aryl methyl sites for hydroxylation is 1. The van der Waals surface area contributed by atoms with Crippen LogP contribution in [0.15, 0.2) is 18.2 Å². The van der Waals surface area contributed by atoms with Gasteiger partial charge in [-0.05, 0) is 37.5 Å². The van der Waals surface area contributed by atoms with Gasteiger partial charge < -0.3 is 10.1 Å². The summed E-state index contributed by atoms with van der Waals surface area (Å²) < 4.78 is 5.22. The van der Waals surface area contributed by atoms with Gasteiger partial charge in [-0.1, -0.05) is 25.8 Å². The number of ether oxygens (including phenoxy) is 1. The van der Waals surface area contributed by atoms with Crippen LogP contribution >= 0.6 is 0 Å². The molecular formula is C16H21NO2. The third-order valence-corrected chi connectivity index (χ3v) is 3.51. The van der Waals surface area contributed by atoms with Crippen molar-refractivity contribution >= 4 is 5.91 Å². The molecule has 0 aromatic heterocycles. The van der Waals surface area contributed by atoms with Crippen LogP contribution < -0.4 is 10.1 Å². The Kier molecular flexibility index (Phi) is 5.00. The van der Waals surface area contributed by atoms with Crippen LogP contribution in [0.3, 0.4) is 0 Å². The van der Waals surface area contributed by atoms with Crippen LogP contribution in [0.2, 0.25) is 0 Å². The highest BCUT2D eigenvalue weighted by Crippen LogP contribution is 2.20. The molecule has 0 atom stereocenters. The Bertz CT molecular complexity index is 496. The van der Waals surface area contributed by atoms with Gasteiger partial charge in [0.05, 0.1) is 7.11 Å². The molecular weight excluding hydrogens is 238 g/mol. The monoisotopic (exact) mass is 259 g/mol. The molecule has 0 fully saturated rings. The van der Waals surface area contributed by atoms with Crippen molar-refractivity contribution in [2.75, 3.05) is 7.11 Å². The quantitative estimate of drug-likeness (QED) is 0.826. The molecule has 0 aliphatic heterocycles. The minimum absolute atomic E-state index is 0.167. The van der Waals surface area contributed by atoms with Crippen molar-refractivity contribution in [3.63, 3.8) is 0 Å². The molecule has 0 bridgehead atoms. The van der Waals surface area contributed by atoms with Gasteiger partial charge >= 0.3 is 0 Å². The van der Waals surface area contributed by atoms with Crippen LogP contribution in [0.25, 0.3) is 0 Å². The van der Waals surface area contributed by atoms with Crippen molar-refractivity contribution in [3.8, 4) is 18.1 Å². The smallest absolute Gasteiger partial charge is 0.252 e. The Labute approximate surface area is 115 Å². The molecule has 1 amide bonds. The van der Waals surface area contributed by atoms with Gasteiger partial charge in [0.1, 0.15) is 11.3 Å². The predicted molar refractivity (Wildman–Crippen MR) is 77.3 cm³/mol. The lowest BCUT2D eigenvalue weighted by atomic mass is 9.93. The summed E-state index contributed by atoms with van der Waals surface area (Å²) in [5, 5.41) is 2.94. The van der Waals surface area contributed by atoms with E-state index in [4.69, 9.17) is 11.2 Å². The first-order chi connectivity index (χ1) is 9.01. The van der Waals surface area contributed by atoms with Gasteiger partial charge in [0, 0.05) is 5.56 Å². The second kappa shape index (κ2) is 6.29. The number of hydrogen-bond acceptors (Lipinski definition) is 2. The van der Waals surface area contributed by atoms with Gasteiger partial charge in [-0.15, -0.1) is 6.42 Å². The lowest BCUT2D eigenvalue weighted by Gasteiger charge is -2.27. The zero-order chi connectivity index (χ0) is 14.5. The van der Waals surface area contributed by atoms with Gasteiger partial charge in [0.25, 0.3) is 5.91 Å². The van der Waals surface area contributed by atoms with Crippen molar-refractivity contribution in [1.29, 1.82) is 0 Å². The second-order valence-electron chi connectivity index (χ2n) is 4.57. The van der Waals surface area contributed by atoms with Crippen molar-refractivity contribution in [3.05, 3.63) is 29.3 Å². The molecule has 19 heavy (non-hydrogen) atoms. The van der Waals surface area contributed by atoms with Crippen molar-refractivity contribution in [2.24, 2.45) is 0 Å². The van der Waals surface area contributed by atoms with E-state index in [0.29, 0.717) is 24.2 Å². The normalized spacial score (nSPS) is 10.7. The van der Waals surface area contributed by atoms with E-state index in [0.717, 1.165) is 5.56 Å². The van der Waals surface area contributed by atoms with E-state index >= 15 is 0 Å². The molecule has 0 spiro atoms. The molecule has 0 radical (unpaired) electrons. The molecule has 0 saturated heterocycles. The van der Waals surface area contributed by atoms with E-state index in [1.165, 1.54) is 0 Å². The minimum atomic E-state index is -0.574. The van der Waals surface area contributed by atoms with Crippen LogP contribution in [-0.2, 0) is 0 Å². The summed E-state index contributed by atoms with van der Waals surface area (Å²) in [7, 11) is 1.59. The predicted octanol–water partition coefficient (Wildman–Crippen LogP) is 2.93. The number of carbonyl (C=O) groups excluding carboxylic acids is 1. The summed E-state index contributed by atoms with van der Waals surface area (Å²) in [6.45, 7) is 5.88. The van der Waals surface area contributed by atoms with Gasteiger partial charge in [-0.2, -0.15) is 0 Å². The lowest BCUT2D eigenvalue weighted by Crippen LogP contribution is -2.46. The number of hydrogen-bond donors (Lipinski definition) is 1. The number of carbonyl (C=O) groups is 1. The van der Waals surface area contributed by atoms with Crippen LogP contribution in [0.1, 0.15) is 42.6 Å². The number of amides is 1. The summed E-state index contributed by atoms with van der Waals surface area (Å²) in [6, 6.07) is 5.38. The molecule has 3 nitrogen and oxygen atoms in total. The summed E-state index contributed by atoms with van der Waals surface area (Å²) in [5.41, 5.74) is 0.979. The summed E-state index contributed by atoms with van der Waals surface area (Å²) in [5.74, 6) is 3.23. The molecule has 0 aliphatic carbocycles. The van der Waals surface area contributed by atoms with Crippen molar-refractivity contribution in [2.45, 2.75) is 39.2 Å². The molecule has 3 heteroatoms. The molecule has 1 rings (SSSR count). The summed E-state index contributed by atoms with van der Waals surface area (Å²) in [6.07, 6.45) is 6.95. The van der Waals surface area contributed by atoms with E-state index in [2.05, 4.69) is 11.2 Å². The Morgan fingerprint density at radius 2 is 2.05 bits per heavy atom. The number of methoxy groups -OCH3 is 1. The Balaban J connectivity index is 2.99. The first-order valence-electron chi connectivity index (χ1n) is 6.46. The average molecular weight is 259 g/mol. The summed E-state index contributed by atoms with van der Waals surface area (Å²) in [4.78, 5) is 12.3. The summed E-state index contributed by atoms with van der Waals surface area (Å²) >= 11 is 0. The van der Waals surface area contributed by atoms with E-state index in [-0.39, 0.29) is 5.91 Å². The topological polar surface area (TPSA) is 38.3 Å². The average Bonchev–Trinajstić information content (AvgIpc) is 2.45. The molecule has 0 unspecified atom stereocenters. The van der Waals surface area contributed by atoms with Crippen molar-refractivity contribution < 1.29 is 9.53 Å². The van der Waals surface area contributed by atoms with Crippen molar-refractivity contribution in [1.82, 2.24) is 5.32 Å². The maximum Gasteiger partial charge on any atom is 0.252 e. The van der Waals surface area contributed by atoms with Crippen LogP contribution in [0.5, 0.6) is 5.75 Å². The standard InChI is InChI=1S/C16H21NO2/c1-6-16(7-2,8-3)17-15(18)13-10-9-12(4)14(11-13)19-5/h1,9-11H,7-8H2,2-5H3,(H,17,18). The van der Waals surface area contributed by atoms with E-state index in [9.17, 15) is 4.79 Å². The van der Waals surface area contributed by atoms with E-state index < -0.39 is 5.54 Å². The highest BCUT2D eigenvalue weighted by atomic mass is 16.5. The second-order valence-corrected chi connectivity index (χ2v) is 4.57. The Morgan fingerprint density at radius 1 is 1.42 bits per heavy atom. The van der Waals surface area contributed by atoms with E-state index in [1.807, 2.05) is 26.8 Å². The van der Waals surface area contributed by atoms with Crippen LogP contribution in [-0.4, -0.2) is 18.6 Å². The van der Waals surface area contributed by atoms with Crippen LogP contribution in [0, 0.1) is 19.3 Å². The SMILES string of the molecule is C#CC(CC)(CC)NC(=O)c1ccc(C)c(OC)c1. The highest BCUT2D eigenvalue weighted by Gasteiger charge is 2.26. The van der Waals surface area contributed by atoms with Gasteiger partial charge in [-0.3, -0.25) is 4.79 Å². The zero-order valence-corrected chi connectivity index (χ0v) is 12.0. The molecule has 1 N–H and O–H groups in total. The number of terminal acetylenes is 1. The lowest BCUT2D eigenvalue weighted by molar-refractivity contribution is 0.0916. The van der Waals surface area contributed by atoms with Crippen LogP contribution in [0.4, 0.5) is 0 Å². The molecule has 1 aromatic rings. The largest absolute Gasteiger partial charge is 0.496 e. The Morgan fingerprint density at radius 3 is 2.53 bits per heavy atom. The van der Waals surface area contributed by atoms with Gasteiger partial charge in [0.15, 0.2) is 0 Å². The molecule has 0 aliphatic rings. The number of rotatable bonds is 5. The maximum atomic E-state index is 12.3. The number of nitrogens with one attached hydrogen (secondary N) is 1. The zero-order valence-electron chi connectivity index (χ0n) is 12.0. The Hall–Kier alpha value is -1.95. The molecule has 102 valence electrons. The maximum absolute atomic E-state index is 12.3. The third kappa shape index (κ3) is 3.29. The molecule has 0 heterocycles. The fraction of sp³-hybridized carbons (Fsp3) is 0.438. The first kappa shape index (κ1) is 15.1. The minimum Gasteiger partial charge on any atom is -0.496 e. The van der Waals surface area contributed by atoms with Gasteiger partial charge in [-0.25, -0.2) is 0 Å². The molecule has 1 aromatic carbocycles. The first-order valence-corrected chi connectivity index (χ1v) is 6.46. The third-order valence-electron chi connectivity index (χ3n) is 3.51. The number of benzene rings is 1. The fourth-order valence-electron chi connectivity index (χ4n) is 1.92.